The number of hydrogen-bond acceptors (Lipinski definition) is 0. The summed E-state index contributed by atoms with van der Waals surface area (Å²) in [7, 11) is 0. The van der Waals surface area contributed by atoms with E-state index in [1.165, 1.54) is 0 Å². The van der Waals surface area contributed by atoms with E-state index in [0.29, 0.717) is 0 Å². The maximum absolute atomic E-state index is 0. The molecular weight excluding hydrogens is 219 g/mol. The Kier molecular flexibility index (Phi) is 81900. The van der Waals surface area contributed by atoms with Crippen LogP contribution in [0.2, 0.25) is 0 Å². The van der Waals surface area contributed by atoms with Crippen LogP contribution in [0, 0.1) is 0 Å². The van der Waals surface area contributed by atoms with Gasteiger partial charge in [0, 0.05) is 0 Å². The maximum Gasteiger partial charge on any atom is 2.00 e. The molecule has 0 aliphatic rings. The molecule has 0 aromatic rings. The van der Waals surface area contributed by atoms with E-state index < -0.39 is 0 Å². The minimum absolute atomic E-state index is 0. The van der Waals surface area contributed by atoms with Gasteiger partial charge in [0.2, 0.25) is 0 Å². The number of halogens is 2. The molecule has 0 aliphatic heterocycles. The van der Waals surface area contributed by atoms with E-state index in [9.17, 15) is 0 Å². The minimum Gasteiger partial charge on any atom is -1.00 e. The first-order chi connectivity index (χ1) is 0. The van der Waals surface area contributed by atoms with Crippen LogP contribution in [-0.4, -0.2) is 32.9 Å². The quantitative estimate of drug-likeness (QED) is 0.382. The summed E-state index contributed by atoms with van der Waals surface area (Å²) in [5.41, 5.74) is 0. The van der Waals surface area contributed by atoms with Crippen LogP contribution in [0.1, 0.15) is 0 Å². The Balaban J connectivity index is 0. The summed E-state index contributed by atoms with van der Waals surface area (Å²) in [4.78, 5) is 0. The zero-order valence-corrected chi connectivity index (χ0v) is 6.95. The topological polar surface area (TPSA) is 189 Å². The van der Waals surface area contributed by atoms with E-state index in [0.717, 1.165) is 0 Å². The van der Waals surface area contributed by atoms with Crippen molar-refractivity contribution in [2.24, 2.45) is 0 Å². The predicted octanol–water partition coefficient (Wildman–Crippen LogP) is -10.9. The van der Waals surface area contributed by atoms with Gasteiger partial charge in [-0.2, -0.15) is 0 Å². The van der Waals surface area contributed by atoms with E-state index in [4.69, 9.17) is 0 Å². The molecule has 0 spiro atoms. The van der Waals surface area contributed by atoms with Crippen LogP contribution >= 0.6 is 0 Å². The van der Waals surface area contributed by atoms with Crippen molar-refractivity contribution < 1.29 is 75.0 Å². The molecule has 0 fully saturated rings. The molecule has 0 aromatic heterocycles. The molecule has 68 valence electrons. The van der Waals surface area contributed by atoms with E-state index in [1.54, 1.807) is 0 Å². The van der Waals surface area contributed by atoms with Crippen molar-refractivity contribution in [3.63, 3.8) is 0 Å². The van der Waals surface area contributed by atoms with Crippen LogP contribution in [0.25, 0.3) is 0 Å². The van der Waals surface area contributed by atoms with Gasteiger partial charge >= 0.3 is 17.4 Å². The van der Waals surface area contributed by atoms with Crippen molar-refractivity contribution in [3.8, 4) is 0 Å². The molecular formula is H12Cl2CrO6. The zero-order chi connectivity index (χ0) is 0. The largest absolute Gasteiger partial charge is 2.00 e. The fraction of sp³-hybridized carbons (Fsp3) is 0. The molecule has 0 saturated carbocycles. The Morgan fingerprint density at radius 2 is 0.333 bits per heavy atom. The number of rotatable bonds is 0. The first-order valence-corrected chi connectivity index (χ1v) is 0. The van der Waals surface area contributed by atoms with Crippen LogP contribution in [-0.2, 0) is 17.4 Å². The van der Waals surface area contributed by atoms with Gasteiger partial charge in [-0.25, -0.2) is 0 Å². The second kappa shape index (κ2) is 722. The molecule has 0 aromatic carbocycles. The molecule has 0 amide bonds. The van der Waals surface area contributed by atoms with Crippen LogP contribution in [0.4, 0.5) is 0 Å². The third-order valence-electron chi connectivity index (χ3n) is 0. The molecule has 0 atom stereocenters. The Hall–Kier alpha value is 0.872. The summed E-state index contributed by atoms with van der Waals surface area (Å²) in [6, 6.07) is 0. The van der Waals surface area contributed by atoms with Crippen molar-refractivity contribution in [1.82, 2.24) is 0 Å². The van der Waals surface area contributed by atoms with Gasteiger partial charge in [-0.1, -0.05) is 0 Å². The van der Waals surface area contributed by atoms with Crippen LogP contribution in [0.5, 0.6) is 0 Å². The second-order valence-electron chi connectivity index (χ2n) is 0. The van der Waals surface area contributed by atoms with E-state index in [-0.39, 0.29) is 75.0 Å². The normalized spacial score (nSPS) is 0. The van der Waals surface area contributed by atoms with Gasteiger partial charge in [0.15, 0.2) is 0 Å². The monoisotopic (exact) mass is 230 g/mol. The van der Waals surface area contributed by atoms with Crippen molar-refractivity contribution in [3.05, 3.63) is 0 Å². The van der Waals surface area contributed by atoms with Crippen molar-refractivity contribution in [2.75, 3.05) is 0 Å². The van der Waals surface area contributed by atoms with E-state index in [1.807, 2.05) is 0 Å². The summed E-state index contributed by atoms with van der Waals surface area (Å²) < 4.78 is 0. The third kappa shape index (κ3) is 551. The summed E-state index contributed by atoms with van der Waals surface area (Å²) >= 11 is 0. The molecule has 0 saturated heterocycles. The fourth-order valence-electron chi connectivity index (χ4n) is 0. The molecule has 0 rings (SSSR count). The molecule has 9 heteroatoms. The van der Waals surface area contributed by atoms with Crippen molar-refractivity contribution >= 4 is 0 Å². The van der Waals surface area contributed by atoms with Gasteiger partial charge in [-0.15, -0.1) is 0 Å². The molecule has 0 heterocycles. The second-order valence-corrected chi connectivity index (χ2v) is 0. The zero-order valence-electron chi connectivity index (χ0n) is 4.16. The first-order valence-electron chi connectivity index (χ1n) is 0. The van der Waals surface area contributed by atoms with E-state index >= 15 is 0 Å². The minimum atomic E-state index is 0. The fourth-order valence-corrected chi connectivity index (χ4v) is 0. The molecule has 0 bridgehead atoms. The Morgan fingerprint density at radius 1 is 0.333 bits per heavy atom. The molecule has 0 unspecified atom stereocenters. The smallest absolute Gasteiger partial charge is 1.00 e. The molecule has 0 radical (unpaired) electrons. The molecule has 0 aliphatic carbocycles. The van der Waals surface area contributed by atoms with Crippen molar-refractivity contribution in [1.29, 1.82) is 0 Å². The van der Waals surface area contributed by atoms with Gasteiger partial charge in [0.1, 0.15) is 0 Å². The SMILES string of the molecule is O.O.O.O.O.O.[Cl-].[Cl-].[Cr+2]. The van der Waals surface area contributed by atoms with Gasteiger partial charge in [-0.05, 0) is 0 Å². The molecule has 12 N–H and O–H groups in total. The summed E-state index contributed by atoms with van der Waals surface area (Å²) in [5, 5.41) is 0. The summed E-state index contributed by atoms with van der Waals surface area (Å²) in [6.07, 6.45) is 0. The van der Waals surface area contributed by atoms with Gasteiger partial charge in [-0.3, -0.25) is 0 Å². The Labute approximate surface area is 75.4 Å². The summed E-state index contributed by atoms with van der Waals surface area (Å²) in [5.74, 6) is 0. The number of hydrogen-bond donors (Lipinski definition) is 0. The maximum atomic E-state index is 0. The third-order valence-corrected chi connectivity index (χ3v) is 0. The van der Waals surface area contributed by atoms with E-state index in [2.05, 4.69) is 0 Å². The van der Waals surface area contributed by atoms with Gasteiger partial charge in [0.05, 0.1) is 0 Å². The average Bonchev–Trinajstić information content (AvgIpc) is 0. The Bertz CT molecular complexity index is 11.0. The average molecular weight is 231 g/mol. The summed E-state index contributed by atoms with van der Waals surface area (Å²) in [6.45, 7) is 0. The van der Waals surface area contributed by atoms with Gasteiger partial charge < -0.3 is 57.7 Å². The van der Waals surface area contributed by atoms with Crippen LogP contribution < -0.4 is 24.8 Å². The van der Waals surface area contributed by atoms with Gasteiger partial charge in [0.25, 0.3) is 0 Å². The van der Waals surface area contributed by atoms with Crippen molar-refractivity contribution in [2.45, 2.75) is 0 Å². The first kappa shape index (κ1) is 1020. The van der Waals surface area contributed by atoms with Crippen LogP contribution in [0.3, 0.4) is 0 Å². The predicted molar refractivity (Wildman–Crippen MR) is 21.7 cm³/mol. The van der Waals surface area contributed by atoms with Crippen LogP contribution in [0.15, 0.2) is 0 Å². The molecule has 9 heavy (non-hydrogen) atoms. The standard InChI is InChI=1S/2ClH.Cr.6H2O/h2*1H;;6*1H2/q;;+2;;;;;;/p-2. The molecule has 6 nitrogen and oxygen atoms in total. The Morgan fingerprint density at radius 3 is 0.333 bits per heavy atom.